The average Bonchev–Trinajstić information content (AvgIpc) is 2.90. The SMILES string of the molecule is C=C(C)Nc1cc(Cl)c(CC)cc1/C=C/C(=C)N1CCN(Cc2ccc(F)cc2)CC1.CC.CCCC. The van der Waals surface area contributed by atoms with Crippen molar-refractivity contribution >= 4 is 23.4 Å². The van der Waals surface area contributed by atoms with Crippen LogP contribution in [0.25, 0.3) is 6.08 Å². The second-order valence-corrected chi connectivity index (χ2v) is 9.41. The molecule has 0 aliphatic carbocycles. The molecule has 1 saturated heterocycles. The lowest BCUT2D eigenvalue weighted by atomic mass is 10.1. The van der Waals surface area contributed by atoms with E-state index in [2.05, 4.69) is 67.3 Å². The number of piperazine rings is 1. The molecular weight excluding hydrogens is 481 g/mol. The Bertz CT molecular complexity index is 988. The van der Waals surface area contributed by atoms with E-state index in [0.717, 1.165) is 77.9 Å². The number of allylic oxidation sites excluding steroid dienone is 2. The maximum atomic E-state index is 13.1. The summed E-state index contributed by atoms with van der Waals surface area (Å²) in [5, 5.41) is 4.06. The fourth-order valence-corrected chi connectivity index (χ4v) is 4.01. The molecule has 0 unspecified atom stereocenters. The van der Waals surface area contributed by atoms with Crippen LogP contribution in [-0.2, 0) is 13.0 Å². The number of benzene rings is 2. The van der Waals surface area contributed by atoms with E-state index in [0.29, 0.717) is 0 Å². The summed E-state index contributed by atoms with van der Waals surface area (Å²) in [5.41, 5.74) is 6.14. The number of rotatable bonds is 9. The second-order valence-electron chi connectivity index (χ2n) is 9.00. The lowest BCUT2D eigenvalue weighted by molar-refractivity contribution is 0.156. The van der Waals surface area contributed by atoms with Gasteiger partial charge >= 0.3 is 0 Å². The quantitative estimate of drug-likeness (QED) is 0.328. The van der Waals surface area contributed by atoms with Gasteiger partial charge in [-0.05, 0) is 60.4 Å². The van der Waals surface area contributed by atoms with Crippen LogP contribution in [0, 0.1) is 5.82 Å². The molecule has 3 nitrogen and oxygen atoms in total. The van der Waals surface area contributed by atoms with Crippen LogP contribution in [0.3, 0.4) is 0 Å². The number of unbranched alkanes of at least 4 members (excludes halogenated alkanes) is 1. The first-order valence-electron chi connectivity index (χ1n) is 13.6. The summed E-state index contributed by atoms with van der Waals surface area (Å²) in [6.45, 7) is 25.2. The van der Waals surface area contributed by atoms with Gasteiger partial charge in [0.25, 0.3) is 0 Å². The fraction of sp³-hybridized carbons (Fsp3) is 0.438. The lowest BCUT2D eigenvalue weighted by Gasteiger charge is -2.36. The molecule has 2 aromatic rings. The van der Waals surface area contributed by atoms with Crippen LogP contribution in [0.2, 0.25) is 5.02 Å². The van der Waals surface area contributed by atoms with Crippen LogP contribution in [0.5, 0.6) is 0 Å². The van der Waals surface area contributed by atoms with Crippen LogP contribution in [0.1, 0.15) is 71.1 Å². The Hall–Kier alpha value is -2.56. The van der Waals surface area contributed by atoms with Crippen molar-refractivity contribution in [1.29, 1.82) is 0 Å². The molecule has 0 bridgehead atoms. The van der Waals surface area contributed by atoms with Crippen molar-refractivity contribution in [2.45, 2.75) is 67.3 Å². The molecule has 1 fully saturated rings. The summed E-state index contributed by atoms with van der Waals surface area (Å²) in [6.07, 6.45) is 7.68. The monoisotopic (exact) mass is 527 g/mol. The number of aryl methyl sites for hydroxylation is 1. The van der Waals surface area contributed by atoms with Crippen LogP contribution >= 0.6 is 11.6 Å². The third kappa shape index (κ3) is 11.6. The van der Waals surface area contributed by atoms with Crippen molar-refractivity contribution in [2.75, 3.05) is 31.5 Å². The highest BCUT2D eigenvalue weighted by molar-refractivity contribution is 6.31. The van der Waals surface area contributed by atoms with E-state index in [1.54, 1.807) is 0 Å². The molecule has 0 spiro atoms. The van der Waals surface area contributed by atoms with Crippen LogP contribution < -0.4 is 5.32 Å². The molecule has 5 heteroatoms. The molecule has 0 aromatic heterocycles. The first-order valence-corrected chi connectivity index (χ1v) is 14.0. The molecule has 204 valence electrons. The first kappa shape index (κ1) is 32.5. The van der Waals surface area contributed by atoms with E-state index in [1.807, 2.05) is 39.0 Å². The van der Waals surface area contributed by atoms with E-state index in [9.17, 15) is 4.39 Å². The predicted octanol–water partition coefficient (Wildman–Crippen LogP) is 9.16. The van der Waals surface area contributed by atoms with Gasteiger partial charge in [-0.15, -0.1) is 0 Å². The normalized spacial score (nSPS) is 13.4. The van der Waals surface area contributed by atoms with Crippen LogP contribution in [-0.4, -0.2) is 36.0 Å². The molecule has 1 heterocycles. The Balaban J connectivity index is 0.00000104. The van der Waals surface area contributed by atoms with Crippen molar-refractivity contribution in [3.63, 3.8) is 0 Å². The Labute approximate surface area is 230 Å². The lowest BCUT2D eigenvalue weighted by Crippen LogP contribution is -2.44. The Morgan fingerprint density at radius 2 is 1.59 bits per heavy atom. The second kappa shape index (κ2) is 17.8. The minimum absolute atomic E-state index is 0.190. The molecule has 0 saturated carbocycles. The molecule has 3 rings (SSSR count). The van der Waals surface area contributed by atoms with Gasteiger partial charge in [-0.25, -0.2) is 4.39 Å². The molecule has 0 atom stereocenters. The Morgan fingerprint density at radius 1 is 1.00 bits per heavy atom. The minimum atomic E-state index is -0.190. The summed E-state index contributed by atoms with van der Waals surface area (Å²) >= 11 is 6.41. The van der Waals surface area contributed by atoms with E-state index in [4.69, 9.17) is 11.6 Å². The molecule has 2 aromatic carbocycles. The molecule has 1 aliphatic heterocycles. The van der Waals surface area contributed by atoms with E-state index in [-0.39, 0.29) is 5.82 Å². The maximum absolute atomic E-state index is 13.1. The number of hydrogen-bond donors (Lipinski definition) is 1. The van der Waals surface area contributed by atoms with Crippen molar-refractivity contribution < 1.29 is 4.39 Å². The minimum Gasteiger partial charge on any atom is -0.369 e. The third-order valence-electron chi connectivity index (χ3n) is 6.00. The zero-order chi connectivity index (χ0) is 27.8. The summed E-state index contributed by atoms with van der Waals surface area (Å²) in [6, 6.07) is 10.9. The highest BCUT2D eigenvalue weighted by atomic mass is 35.5. The summed E-state index contributed by atoms with van der Waals surface area (Å²) in [5.74, 6) is -0.190. The van der Waals surface area contributed by atoms with Crippen molar-refractivity contribution in [2.24, 2.45) is 0 Å². The van der Waals surface area contributed by atoms with Crippen molar-refractivity contribution in [3.05, 3.63) is 94.6 Å². The van der Waals surface area contributed by atoms with Gasteiger partial charge < -0.3 is 10.2 Å². The smallest absolute Gasteiger partial charge is 0.123 e. The van der Waals surface area contributed by atoms with Gasteiger partial charge in [0.1, 0.15) is 5.82 Å². The van der Waals surface area contributed by atoms with Crippen molar-refractivity contribution in [3.8, 4) is 0 Å². The number of nitrogens with one attached hydrogen (secondary N) is 1. The largest absolute Gasteiger partial charge is 0.369 e. The molecule has 0 radical (unpaired) electrons. The van der Waals surface area contributed by atoms with E-state index in [1.165, 1.54) is 25.0 Å². The average molecular weight is 528 g/mol. The van der Waals surface area contributed by atoms with E-state index < -0.39 is 0 Å². The van der Waals surface area contributed by atoms with Crippen LogP contribution in [0.15, 0.2) is 67.0 Å². The highest BCUT2D eigenvalue weighted by Gasteiger charge is 2.17. The van der Waals surface area contributed by atoms with E-state index >= 15 is 0 Å². The maximum Gasteiger partial charge on any atom is 0.123 e. The molecule has 0 amide bonds. The number of anilines is 1. The van der Waals surface area contributed by atoms with Gasteiger partial charge in [0.2, 0.25) is 0 Å². The summed E-state index contributed by atoms with van der Waals surface area (Å²) in [4.78, 5) is 4.70. The van der Waals surface area contributed by atoms with Gasteiger partial charge in [0.05, 0.1) is 0 Å². The Morgan fingerprint density at radius 3 is 2.11 bits per heavy atom. The fourth-order valence-electron chi connectivity index (χ4n) is 3.72. The zero-order valence-electron chi connectivity index (χ0n) is 23.8. The van der Waals surface area contributed by atoms with Gasteiger partial charge in [-0.3, -0.25) is 4.90 Å². The van der Waals surface area contributed by atoms with Gasteiger partial charge in [-0.1, -0.05) is 90.4 Å². The van der Waals surface area contributed by atoms with Crippen molar-refractivity contribution in [1.82, 2.24) is 9.80 Å². The number of nitrogens with zero attached hydrogens (tertiary/aromatic N) is 2. The molecule has 37 heavy (non-hydrogen) atoms. The van der Waals surface area contributed by atoms with Crippen LogP contribution in [0.4, 0.5) is 10.1 Å². The topological polar surface area (TPSA) is 18.5 Å². The highest BCUT2D eigenvalue weighted by Crippen LogP contribution is 2.28. The molecule has 1 N–H and O–H groups in total. The number of hydrogen-bond acceptors (Lipinski definition) is 3. The summed E-state index contributed by atoms with van der Waals surface area (Å²) < 4.78 is 13.1. The molecule has 1 aliphatic rings. The number of halogens is 2. The van der Waals surface area contributed by atoms with Gasteiger partial charge in [0, 0.05) is 54.8 Å². The van der Waals surface area contributed by atoms with Gasteiger partial charge in [0.15, 0.2) is 0 Å². The standard InChI is InChI=1S/C26H31ClFN3.C4H10.C2H6/c1-5-22-16-23(26(17-25(22)27)29-19(2)3)9-6-20(4)31-14-12-30(13-15-31)18-21-7-10-24(28)11-8-21;1-3-4-2;1-2/h6-11,16-17,29H,2,4-5,12-15,18H2,1,3H3;3-4H2,1-2H3;1-2H3/b9-6+;;. The third-order valence-corrected chi connectivity index (χ3v) is 6.35. The Kier molecular flexibility index (Phi) is 15.6. The molecular formula is C32H47ClFN3. The summed E-state index contributed by atoms with van der Waals surface area (Å²) in [7, 11) is 0. The zero-order valence-corrected chi connectivity index (χ0v) is 24.6. The van der Waals surface area contributed by atoms with Gasteiger partial charge in [-0.2, -0.15) is 0 Å². The first-order chi connectivity index (χ1) is 17.8. The predicted molar refractivity (Wildman–Crippen MR) is 163 cm³/mol.